The van der Waals surface area contributed by atoms with E-state index >= 15 is 0 Å². The van der Waals surface area contributed by atoms with E-state index in [4.69, 9.17) is 0 Å². The van der Waals surface area contributed by atoms with Crippen LogP contribution in [0.4, 0.5) is 15.9 Å². The van der Waals surface area contributed by atoms with Gasteiger partial charge in [-0.3, -0.25) is 4.72 Å². The average molecular weight is 371 g/mol. The third-order valence-electron chi connectivity index (χ3n) is 3.79. The van der Waals surface area contributed by atoms with Crippen LogP contribution in [-0.2, 0) is 16.6 Å². The predicted octanol–water partition coefficient (Wildman–Crippen LogP) is 3.94. The van der Waals surface area contributed by atoms with Crippen LogP contribution < -0.4 is 10.0 Å². The number of aromatic nitrogens is 1. The number of nitrogens with one attached hydrogen (secondary N) is 2. The SMILES string of the molecule is Cc1ccccc1S(=O)(=O)Nc1ccc(NCc2ccc(F)cc2)nc1. The molecule has 7 heteroatoms. The first-order valence-electron chi connectivity index (χ1n) is 7.97. The Bertz CT molecular complexity index is 988. The number of halogens is 1. The molecule has 5 nitrogen and oxygen atoms in total. The molecule has 3 rings (SSSR count). The molecule has 0 fully saturated rings. The molecule has 0 bridgehead atoms. The molecule has 0 amide bonds. The van der Waals surface area contributed by atoms with Gasteiger partial charge >= 0.3 is 0 Å². The zero-order valence-corrected chi connectivity index (χ0v) is 14.9. The van der Waals surface area contributed by atoms with E-state index in [9.17, 15) is 12.8 Å². The van der Waals surface area contributed by atoms with Crippen molar-refractivity contribution in [1.29, 1.82) is 0 Å². The fourth-order valence-electron chi connectivity index (χ4n) is 2.42. The smallest absolute Gasteiger partial charge is 0.262 e. The molecule has 0 unspecified atom stereocenters. The summed E-state index contributed by atoms with van der Waals surface area (Å²) in [6, 6.07) is 16.3. The van der Waals surface area contributed by atoms with Gasteiger partial charge in [0.25, 0.3) is 10.0 Å². The maximum absolute atomic E-state index is 12.9. The largest absolute Gasteiger partial charge is 0.366 e. The van der Waals surface area contributed by atoms with Crippen molar-refractivity contribution >= 4 is 21.5 Å². The number of hydrogen-bond acceptors (Lipinski definition) is 4. The van der Waals surface area contributed by atoms with Gasteiger partial charge in [0.05, 0.1) is 16.8 Å². The maximum atomic E-state index is 12.9. The topological polar surface area (TPSA) is 71.1 Å². The number of nitrogens with zero attached hydrogens (tertiary/aromatic N) is 1. The fourth-order valence-corrected chi connectivity index (χ4v) is 3.71. The lowest BCUT2D eigenvalue weighted by atomic mass is 10.2. The van der Waals surface area contributed by atoms with E-state index in [1.54, 1.807) is 55.5 Å². The van der Waals surface area contributed by atoms with Crippen molar-refractivity contribution in [3.63, 3.8) is 0 Å². The van der Waals surface area contributed by atoms with Crippen molar-refractivity contribution in [2.24, 2.45) is 0 Å². The first kappa shape index (κ1) is 17.9. The van der Waals surface area contributed by atoms with Gasteiger partial charge in [-0.05, 0) is 48.4 Å². The lowest BCUT2D eigenvalue weighted by molar-refractivity contribution is 0.600. The van der Waals surface area contributed by atoms with Gasteiger partial charge in [-0.1, -0.05) is 30.3 Å². The molecule has 1 heterocycles. The summed E-state index contributed by atoms with van der Waals surface area (Å²) < 4.78 is 40.3. The first-order valence-corrected chi connectivity index (χ1v) is 9.45. The van der Waals surface area contributed by atoms with Crippen molar-refractivity contribution in [2.75, 3.05) is 10.0 Å². The Morgan fingerprint density at radius 1 is 1.00 bits per heavy atom. The second kappa shape index (κ2) is 7.53. The standard InChI is InChI=1S/C19H18FN3O2S/c1-14-4-2-3-5-18(14)26(24,25)23-17-10-11-19(22-13-17)21-12-15-6-8-16(20)9-7-15/h2-11,13,23H,12H2,1H3,(H,21,22). The Hall–Kier alpha value is -2.93. The molecule has 3 aromatic rings. The molecule has 0 spiro atoms. The van der Waals surface area contributed by atoms with Crippen molar-refractivity contribution in [3.8, 4) is 0 Å². The first-order chi connectivity index (χ1) is 12.4. The van der Waals surface area contributed by atoms with Crippen LogP contribution in [0.5, 0.6) is 0 Å². The number of rotatable bonds is 6. The van der Waals surface area contributed by atoms with Crippen molar-refractivity contribution in [1.82, 2.24) is 4.98 Å². The maximum Gasteiger partial charge on any atom is 0.262 e. The Kier molecular flexibility index (Phi) is 5.18. The Balaban J connectivity index is 1.66. The molecule has 0 saturated carbocycles. The molecule has 2 aromatic carbocycles. The highest BCUT2D eigenvalue weighted by Gasteiger charge is 2.16. The fraction of sp³-hybridized carbons (Fsp3) is 0.105. The van der Waals surface area contributed by atoms with E-state index in [0.717, 1.165) is 5.56 Å². The molecule has 2 N–H and O–H groups in total. The predicted molar refractivity (Wildman–Crippen MR) is 100.0 cm³/mol. The summed E-state index contributed by atoms with van der Waals surface area (Å²) in [4.78, 5) is 4.43. The average Bonchev–Trinajstić information content (AvgIpc) is 2.62. The number of pyridine rings is 1. The third kappa shape index (κ3) is 4.37. The monoisotopic (exact) mass is 371 g/mol. The van der Waals surface area contributed by atoms with Gasteiger partial charge in [0.15, 0.2) is 0 Å². The summed E-state index contributed by atoms with van der Waals surface area (Å²) in [6.45, 7) is 2.23. The lowest BCUT2D eigenvalue weighted by Crippen LogP contribution is -2.14. The highest BCUT2D eigenvalue weighted by Crippen LogP contribution is 2.19. The van der Waals surface area contributed by atoms with E-state index in [0.29, 0.717) is 23.6 Å². The normalized spacial score (nSPS) is 11.2. The van der Waals surface area contributed by atoms with Crippen LogP contribution in [0.2, 0.25) is 0 Å². The van der Waals surface area contributed by atoms with Crippen LogP contribution in [0.25, 0.3) is 0 Å². The molecule has 0 aliphatic rings. The molecule has 0 aliphatic heterocycles. The third-order valence-corrected chi connectivity index (χ3v) is 5.33. The van der Waals surface area contributed by atoms with Gasteiger partial charge in [-0.2, -0.15) is 0 Å². The summed E-state index contributed by atoms with van der Waals surface area (Å²) in [5, 5.41) is 3.10. The van der Waals surface area contributed by atoms with Crippen LogP contribution in [0.15, 0.2) is 71.8 Å². The number of sulfonamides is 1. The molecule has 0 radical (unpaired) electrons. The minimum absolute atomic E-state index is 0.235. The minimum Gasteiger partial charge on any atom is -0.366 e. The van der Waals surface area contributed by atoms with Crippen LogP contribution >= 0.6 is 0 Å². The van der Waals surface area contributed by atoms with Crippen LogP contribution in [0, 0.1) is 12.7 Å². The van der Waals surface area contributed by atoms with Crippen molar-refractivity contribution < 1.29 is 12.8 Å². The molecule has 0 saturated heterocycles. The molecular formula is C19H18FN3O2S. The summed E-state index contributed by atoms with van der Waals surface area (Å²) in [5.41, 5.74) is 1.96. The van der Waals surface area contributed by atoms with Gasteiger partial charge in [0.1, 0.15) is 11.6 Å². The van der Waals surface area contributed by atoms with Crippen LogP contribution in [0.1, 0.15) is 11.1 Å². The van der Waals surface area contributed by atoms with Crippen LogP contribution in [-0.4, -0.2) is 13.4 Å². The number of anilines is 2. The quantitative estimate of drug-likeness (QED) is 0.688. The van der Waals surface area contributed by atoms with Gasteiger partial charge < -0.3 is 5.32 Å². The zero-order valence-electron chi connectivity index (χ0n) is 14.1. The van der Waals surface area contributed by atoms with E-state index in [1.165, 1.54) is 18.3 Å². The zero-order chi connectivity index (χ0) is 18.6. The summed E-state index contributed by atoms with van der Waals surface area (Å²) in [5.74, 6) is 0.310. The Labute approximate surface area is 152 Å². The summed E-state index contributed by atoms with van der Waals surface area (Å²) >= 11 is 0. The number of aryl methyl sites for hydroxylation is 1. The molecule has 0 aliphatic carbocycles. The van der Waals surface area contributed by atoms with Gasteiger partial charge in [0.2, 0.25) is 0 Å². The van der Waals surface area contributed by atoms with E-state index in [-0.39, 0.29) is 10.7 Å². The molecule has 26 heavy (non-hydrogen) atoms. The molecular weight excluding hydrogens is 353 g/mol. The van der Waals surface area contributed by atoms with Crippen molar-refractivity contribution in [3.05, 3.63) is 83.8 Å². The highest BCUT2D eigenvalue weighted by molar-refractivity contribution is 7.92. The Morgan fingerprint density at radius 2 is 1.73 bits per heavy atom. The minimum atomic E-state index is -3.66. The van der Waals surface area contributed by atoms with Crippen LogP contribution in [0.3, 0.4) is 0 Å². The Morgan fingerprint density at radius 3 is 2.38 bits per heavy atom. The second-order valence-corrected chi connectivity index (χ2v) is 7.43. The summed E-state index contributed by atoms with van der Waals surface area (Å²) in [7, 11) is -3.66. The van der Waals surface area contributed by atoms with Gasteiger partial charge in [0, 0.05) is 6.54 Å². The highest BCUT2D eigenvalue weighted by atomic mass is 32.2. The van der Waals surface area contributed by atoms with E-state index in [1.807, 2.05) is 0 Å². The molecule has 134 valence electrons. The lowest BCUT2D eigenvalue weighted by Gasteiger charge is -2.11. The van der Waals surface area contributed by atoms with E-state index in [2.05, 4.69) is 15.0 Å². The van der Waals surface area contributed by atoms with E-state index < -0.39 is 10.0 Å². The second-order valence-electron chi connectivity index (χ2n) is 5.78. The van der Waals surface area contributed by atoms with Gasteiger partial charge in [-0.15, -0.1) is 0 Å². The summed E-state index contributed by atoms with van der Waals surface area (Å²) in [6.07, 6.45) is 1.45. The van der Waals surface area contributed by atoms with Gasteiger partial charge in [-0.25, -0.2) is 17.8 Å². The number of hydrogen-bond donors (Lipinski definition) is 2. The molecule has 0 atom stereocenters. The molecule has 1 aromatic heterocycles. The van der Waals surface area contributed by atoms with Crippen molar-refractivity contribution in [2.45, 2.75) is 18.4 Å². The number of benzene rings is 2.